The van der Waals surface area contributed by atoms with Crippen LogP contribution in [0.15, 0.2) is 29.8 Å². The average molecular weight is 297 g/mol. The monoisotopic (exact) mass is 297 g/mol. The van der Waals surface area contributed by atoms with Crippen LogP contribution in [0.4, 0.5) is 5.69 Å². The summed E-state index contributed by atoms with van der Waals surface area (Å²) in [4.78, 5) is 13.3. The van der Waals surface area contributed by atoms with Gasteiger partial charge in [-0.25, -0.2) is 9.97 Å². The lowest BCUT2D eigenvalue weighted by atomic mass is 10.2. The van der Waals surface area contributed by atoms with Crippen molar-refractivity contribution in [3.8, 4) is 0 Å². The molecule has 0 aliphatic carbocycles. The van der Waals surface area contributed by atoms with Crippen LogP contribution < -0.4 is 5.32 Å². The van der Waals surface area contributed by atoms with E-state index < -0.39 is 0 Å². The van der Waals surface area contributed by atoms with Crippen LogP contribution >= 0.6 is 11.3 Å². The molecule has 5 nitrogen and oxygen atoms in total. The van der Waals surface area contributed by atoms with Crippen molar-refractivity contribution in [2.24, 2.45) is 0 Å². The number of H-pyrrole nitrogens is 1. The molecule has 21 heavy (non-hydrogen) atoms. The van der Waals surface area contributed by atoms with Crippen LogP contribution in [0, 0.1) is 13.8 Å². The summed E-state index contributed by atoms with van der Waals surface area (Å²) in [6, 6.07) is 6.19. The van der Waals surface area contributed by atoms with Gasteiger partial charge in [-0.2, -0.15) is 0 Å². The summed E-state index contributed by atoms with van der Waals surface area (Å²) >= 11 is 1.66. The summed E-state index contributed by atoms with van der Waals surface area (Å²) in [6.45, 7) is 4.77. The molecule has 0 spiro atoms. The van der Waals surface area contributed by atoms with Gasteiger partial charge in [-0.3, -0.25) is 4.40 Å². The zero-order valence-corrected chi connectivity index (χ0v) is 12.7. The van der Waals surface area contributed by atoms with Crippen molar-refractivity contribution in [2.45, 2.75) is 20.4 Å². The lowest BCUT2D eigenvalue weighted by molar-refractivity contribution is 0.995. The average Bonchev–Trinajstić information content (AvgIpc) is 3.10. The molecule has 106 valence electrons. The Bertz CT molecular complexity index is 930. The summed E-state index contributed by atoms with van der Waals surface area (Å²) in [6.07, 6.45) is 2.07. The number of benzene rings is 1. The Morgan fingerprint density at radius 2 is 2.19 bits per heavy atom. The molecule has 0 aliphatic heterocycles. The van der Waals surface area contributed by atoms with E-state index in [0.29, 0.717) is 0 Å². The third kappa shape index (κ3) is 2.08. The highest BCUT2D eigenvalue weighted by Crippen LogP contribution is 2.20. The Balaban J connectivity index is 1.62. The molecule has 1 aromatic carbocycles. The van der Waals surface area contributed by atoms with Crippen LogP contribution in [0.25, 0.3) is 16.0 Å². The van der Waals surface area contributed by atoms with E-state index in [1.807, 2.05) is 13.0 Å². The number of imidazole rings is 2. The molecule has 4 rings (SSSR count). The number of aromatic amines is 1. The van der Waals surface area contributed by atoms with Gasteiger partial charge in [-0.05, 0) is 32.0 Å². The fraction of sp³-hybridized carbons (Fsp3) is 0.200. The fourth-order valence-electron chi connectivity index (χ4n) is 2.59. The highest BCUT2D eigenvalue weighted by Gasteiger charge is 2.09. The summed E-state index contributed by atoms with van der Waals surface area (Å²) in [5.41, 5.74) is 5.41. The third-order valence-electron chi connectivity index (χ3n) is 3.62. The molecular weight excluding hydrogens is 282 g/mol. The highest BCUT2D eigenvalue weighted by molar-refractivity contribution is 7.15. The molecular formula is C15H15N5S. The smallest absolute Gasteiger partial charge is 0.194 e. The largest absolute Gasteiger partial charge is 0.379 e. The molecule has 4 aromatic rings. The molecule has 0 saturated heterocycles. The van der Waals surface area contributed by atoms with Crippen molar-refractivity contribution in [1.29, 1.82) is 0 Å². The Hall–Kier alpha value is -2.34. The Kier molecular flexibility index (Phi) is 2.71. The van der Waals surface area contributed by atoms with Gasteiger partial charge < -0.3 is 10.3 Å². The van der Waals surface area contributed by atoms with Crippen LogP contribution in [-0.2, 0) is 6.54 Å². The molecule has 0 unspecified atom stereocenters. The molecule has 3 heterocycles. The summed E-state index contributed by atoms with van der Waals surface area (Å²) < 4.78 is 2.14. The summed E-state index contributed by atoms with van der Waals surface area (Å²) in [7, 11) is 0. The number of hydrogen-bond acceptors (Lipinski definition) is 4. The molecule has 0 atom stereocenters. The second-order valence-electron chi connectivity index (χ2n) is 5.11. The van der Waals surface area contributed by atoms with Gasteiger partial charge in [-0.1, -0.05) is 0 Å². The molecule has 0 radical (unpaired) electrons. The molecule has 0 bridgehead atoms. The van der Waals surface area contributed by atoms with Gasteiger partial charge in [0.25, 0.3) is 0 Å². The standard InChI is InChI=1S/C15H15N5S/c1-9-14(20-5-6-21-15(20)17-9)8-16-11-3-4-12-13(7-11)19-10(2)18-12/h3-7,16H,8H2,1-2H3,(H,18,19). The molecule has 2 N–H and O–H groups in total. The predicted molar refractivity (Wildman–Crippen MR) is 86.0 cm³/mol. The molecule has 0 saturated carbocycles. The number of aryl methyl sites for hydroxylation is 2. The topological polar surface area (TPSA) is 58.0 Å². The Morgan fingerprint density at radius 1 is 1.29 bits per heavy atom. The molecule has 0 amide bonds. The summed E-state index contributed by atoms with van der Waals surface area (Å²) in [5, 5.41) is 5.53. The number of anilines is 1. The first-order valence-electron chi connectivity index (χ1n) is 6.82. The van der Waals surface area contributed by atoms with E-state index in [4.69, 9.17) is 0 Å². The van der Waals surface area contributed by atoms with Crippen molar-refractivity contribution < 1.29 is 0 Å². The van der Waals surface area contributed by atoms with Crippen LogP contribution in [0.5, 0.6) is 0 Å². The number of nitrogens with zero attached hydrogens (tertiary/aromatic N) is 3. The van der Waals surface area contributed by atoms with E-state index in [9.17, 15) is 0 Å². The number of aromatic nitrogens is 4. The SMILES string of the molecule is Cc1nc2ccc(NCc3c(C)nc4sccn34)cc2[nH]1. The van der Waals surface area contributed by atoms with E-state index >= 15 is 0 Å². The van der Waals surface area contributed by atoms with Crippen LogP contribution in [0.3, 0.4) is 0 Å². The van der Waals surface area contributed by atoms with Gasteiger partial charge in [0.2, 0.25) is 0 Å². The van der Waals surface area contributed by atoms with Crippen molar-refractivity contribution in [1.82, 2.24) is 19.4 Å². The van der Waals surface area contributed by atoms with E-state index in [1.165, 1.54) is 5.69 Å². The van der Waals surface area contributed by atoms with Crippen molar-refractivity contribution in [3.05, 3.63) is 47.0 Å². The first-order valence-corrected chi connectivity index (χ1v) is 7.70. The number of thiazole rings is 1. The Labute approximate surface area is 125 Å². The van der Waals surface area contributed by atoms with Crippen molar-refractivity contribution >= 4 is 33.0 Å². The molecule has 0 aliphatic rings. The normalized spacial score (nSPS) is 11.5. The Morgan fingerprint density at radius 3 is 3.10 bits per heavy atom. The minimum absolute atomic E-state index is 0.752. The number of fused-ring (bicyclic) bond motifs is 2. The van der Waals surface area contributed by atoms with Crippen molar-refractivity contribution in [3.63, 3.8) is 0 Å². The van der Waals surface area contributed by atoms with Crippen LogP contribution in [0.1, 0.15) is 17.2 Å². The van der Waals surface area contributed by atoms with Gasteiger partial charge in [0.15, 0.2) is 4.96 Å². The number of hydrogen-bond donors (Lipinski definition) is 2. The first-order chi connectivity index (χ1) is 10.2. The van der Waals surface area contributed by atoms with Gasteiger partial charge >= 0.3 is 0 Å². The lowest BCUT2D eigenvalue weighted by Crippen LogP contribution is -2.03. The molecule has 0 fully saturated rings. The zero-order valence-electron chi connectivity index (χ0n) is 11.8. The van der Waals surface area contributed by atoms with Crippen LogP contribution in [0.2, 0.25) is 0 Å². The van der Waals surface area contributed by atoms with E-state index in [2.05, 4.69) is 55.3 Å². The molecule has 6 heteroatoms. The second-order valence-corrected chi connectivity index (χ2v) is 5.98. The fourth-order valence-corrected chi connectivity index (χ4v) is 3.37. The van der Waals surface area contributed by atoms with E-state index in [-0.39, 0.29) is 0 Å². The second kappa shape index (κ2) is 4.60. The number of rotatable bonds is 3. The highest BCUT2D eigenvalue weighted by atomic mass is 32.1. The maximum atomic E-state index is 4.56. The van der Waals surface area contributed by atoms with Crippen molar-refractivity contribution in [2.75, 3.05) is 5.32 Å². The number of nitrogens with one attached hydrogen (secondary N) is 2. The summed E-state index contributed by atoms with van der Waals surface area (Å²) in [5.74, 6) is 0.939. The van der Waals surface area contributed by atoms with Gasteiger partial charge in [0.1, 0.15) is 5.82 Å². The minimum atomic E-state index is 0.752. The predicted octanol–water partition coefficient (Wildman–Crippen LogP) is 3.50. The quantitative estimate of drug-likeness (QED) is 0.608. The first kappa shape index (κ1) is 12.4. The van der Waals surface area contributed by atoms with Crippen LogP contribution in [-0.4, -0.2) is 19.4 Å². The maximum Gasteiger partial charge on any atom is 0.194 e. The van der Waals surface area contributed by atoms with E-state index in [0.717, 1.165) is 39.7 Å². The minimum Gasteiger partial charge on any atom is -0.379 e. The third-order valence-corrected chi connectivity index (χ3v) is 4.38. The van der Waals surface area contributed by atoms with E-state index in [1.54, 1.807) is 11.3 Å². The maximum absolute atomic E-state index is 4.56. The van der Waals surface area contributed by atoms with Gasteiger partial charge in [-0.15, -0.1) is 11.3 Å². The zero-order chi connectivity index (χ0) is 14.4. The van der Waals surface area contributed by atoms with Gasteiger partial charge in [0.05, 0.1) is 29.0 Å². The lowest BCUT2D eigenvalue weighted by Gasteiger charge is -2.06. The van der Waals surface area contributed by atoms with Gasteiger partial charge in [0, 0.05) is 17.3 Å². The molecule has 3 aromatic heterocycles.